The summed E-state index contributed by atoms with van der Waals surface area (Å²) < 4.78 is 0. The van der Waals surface area contributed by atoms with Crippen molar-refractivity contribution in [2.45, 2.75) is 26.2 Å². The van der Waals surface area contributed by atoms with E-state index < -0.39 is 0 Å². The third-order valence-corrected chi connectivity index (χ3v) is 2.92. The Morgan fingerprint density at radius 1 is 1.50 bits per heavy atom. The fourth-order valence-corrected chi connectivity index (χ4v) is 1.87. The van der Waals surface area contributed by atoms with Gasteiger partial charge in [-0.15, -0.1) is 11.6 Å². The van der Waals surface area contributed by atoms with Gasteiger partial charge in [0.2, 0.25) is 5.91 Å². The molecule has 0 unspecified atom stereocenters. The monoisotopic (exact) mass is 189 g/mol. The summed E-state index contributed by atoms with van der Waals surface area (Å²) in [6.07, 6.45) is 2.79. The number of alkyl halides is 1. The first-order chi connectivity index (χ1) is 5.77. The molecule has 0 aromatic rings. The van der Waals surface area contributed by atoms with Gasteiger partial charge in [0.05, 0.1) is 0 Å². The largest absolute Gasteiger partial charge is 0.343 e. The number of carbonyl (C=O) groups is 1. The topological polar surface area (TPSA) is 20.3 Å². The van der Waals surface area contributed by atoms with E-state index in [1.807, 2.05) is 11.8 Å². The Kier molecular flexibility index (Phi) is 3.86. The summed E-state index contributed by atoms with van der Waals surface area (Å²) in [6, 6.07) is 0. The van der Waals surface area contributed by atoms with Gasteiger partial charge in [-0.05, 0) is 18.8 Å². The molecular formula is C9H16ClNO. The fraction of sp³-hybridized carbons (Fsp3) is 0.889. The molecule has 0 aromatic carbocycles. The van der Waals surface area contributed by atoms with Crippen molar-refractivity contribution in [2.24, 2.45) is 5.92 Å². The highest BCUT2D eigenvalue weighted by Gasteiger charge is 2.20. The van der Waals surface area contributed by atoms with E-state index in [4.69, 9.17) is 11.6 Å². The van der Waals surface area contributed by atoms with E-state index >= 15 is 0 Å². The maximum atomic E-state index is 11.3. The molecule has 12 heavy (non-hydrogen) atoms. The maximum absolute atomic E-state index is 11.3. The van der Waals surface area contributed by atoms with E-state index in [1.165, 1.54) is 0 Å². The smallest absolute Gasteiger partial charge is 0.222 e. The third-order valence-electron chi connectivity index (χ3n) is 2.49. The Hall–Kier alpha value is -0.240. The zero-order valence-electron chi connectivity index (χ0n) is 7.55. The van der Waals surface area contributed by atoms with Crippen LogP contribution in [0, 0.1) is 5.92 Å². The quantitative estimate of drug-likeness (QED) is 0.608. The molecule has 1 saturated heterocycles. The first kappa shape index (κ1) is 9.85. The lowest BCUT2D eigenvalue weighted by Gasteiger charge is -2.30. The Morgan fingerprint density at radius 3 is 2.50 bits per heavy atom. The maximum Gasteiger partial charge on any atom is 0.222 e. The van der Waals surface area contributed by atoms with Crippen LogP contribution in [0.15, 0.2) is 0 Å². The number of piperidine rings is 1. The van der Waals surface area contributed by atoms with Gasteiger partial charge in [0.15, 0.2) is 0 Å². The van der Waals surface area contributed by atoms with Crippen LogP contribution in [-0.4, -0.2) is 29.8 Å². The Balaban J connectivity index is 2.30. The van der Waals surface area contributed by atoms with Crippen LogP contribution in [0.3, 0.4) is 0 Å². The molecule has 2 nitrogen and oxygen atoms in total. The van der Waals surface area contributed by atoms with Gasteiger partial charge < -0.3 is 4.90 Å². The van der Waals surface area contributed by atoms with Crippen LogP contribution < -0.4 is 0 Å². The van der Waals surface area contributed by atoms with Crippen LogP contribution in [0.25, 0.3) is 0 Å². The van der Waals surface area contributed by atoms with Crippen LogP contribution >= 0.6 is 11.6 Å². The van der Waals surface area contributed by atoms with Gasteiger partial charge in [-0.1, -0.05) is 6.92 Å². The summed E-state index contributed by atoms with van der Waals surface area (Å²) in [5.41, 5.74) is 0. The lowest BCUT2D eigenvalue weighted by molar-refractivity contribution is -0.132. The minimum absolute atomic E-state index is 0.281. The summed E-state index contributed by atoms with van der Waals surface area (Å²) in [5, 5.41) is 0. The van der Waals surface area contributed by atoms with Gasteiger partial charge in [0.1, 0.15) is 0 Å². The average Bonchev–Trinajstić information content (AvgIpc) is 2.17. The molecule has 1 rings (SSSR count). The van der Waals surface area contributed by atoms with Gasteiger partial charge >= 0.3 is 0 Å². The van der Waals surface area contributed by atoms with Crippen molar-refractivity contribution in [1.82, 2.24) is 4.90 Å². The lowest BCUT2D eigenvalue weighted by atomic mass is 9.99. The third kappa shape index (κ3) is 2.37. The van der Waals surface area contributed by atoms with E-state index in [0.29, 0.717) is 12.3 Å². The minimum Gasteiger partial charge on any atom is -0.343 e. The molecule has 0 atom stereocenters. The molecule has 1 amide bonds. The van der Waals surface area contributed by atoms with Crippen molar-refractivity contribution >= 4 is 17.5 Å². The Morgan fingerprint density at radius 2 is 2.08 bits per heavy atom. The molecule has 1 fully saturated rings. The van der Waals surface area contributed by atoms with Crippen LogP contribution in [0.5, 0.6) is 0 Å². The van der Waals surface area contributed by atoms with Crippen molar-refractivity contribution < 1.29 is 4.79 Å². The number of halogens is 1. The number of hydrogen-bond donors (Lipinski definition) is 0. The molecule has 0 aromatic heterocycles. The highest BCUT2D eigenvalue weighted by molar-refractivity contribution is 6.18. The normalized spacial score (nSPS) is 19.7. The SMILES string of the molecule is CCC(=O)N1CCC(CCl)CC1. The average molecular weight is 190 g/mol. The summed E-state index contributed by atoms with van der Waals surface area (Å²) in [4.78, 5) is 13.2. The number of rotatable bonds is 2. The summed E-state index contributed by atoms with van der Waals surface area (Å²) in [6.45, 7) is 3.73. The predicted molar refractivity (Wildman–Crippen MR) is 50.3 cm³/mol. The number of nitrogens with zero attached hydrogens (tertiary/aromatic N) is 1. The number of likely N-dealkylation sites (tertiary alicyclic amines) is 1. The summed E-state index contributed by atoms with van der Waals surface area (Å²) >= 11 is 5.74. The fourth-order valence-electron chi connectivity index (χ4n) is 1.56. The molecule has 0 bridgehead atoms. The Bertz CT molecular complexity index is 153. The van der Waals surface area contributed by atoms with E-state index in [0.717, 1.165) is 31.8 Å². The molecule has 1 heterocycles. The van der Waals surface area contributed by atoms with E-state index in [9.17, 15) is 4.79 Å². The summed E-state index contributed by atoms with van der Waals surface area (Å²) in [5.74, 6) is 1.66. The van der Waals surface area contributed by atoms with Gasteiger partial charge in [-0.2, -0.15) is 0 Å². The first-order valence-corrected chi connectivity index (χ1v) is 5.15. The second kappa shape index (κ2) is 4.70. The van der Waals surface area contributed by atoms with E-state index in [2.05, 4.69) is 0 Å². The molecule has 0 radical (unpaired) electrons. The molecule has 0 N–H and O–H groups in total. The Labute approximate surface area is 78.9 Å². The van der Waals surface area contributed by atoms with Crippen molar-refractivity contribution in [3.05, 3.63) is 0 Å². The van der Waals surface area contributed by atoms with E-state index in [1.54, 1.807) is 0 Å². The standard InChI is InChI=1S/C9H16ClNO/c1-2-9(12)11-5-3-8(7-10)4-6-11/h8H,2-7H2,1H3. The van der Waals surface area contributed by atoms with Crippen molar-refractivity contribution in [1.29, 1.82) is 0 Å². The molecule has 70 valence electrons. The van der Waals surface area contributed by atoms with Gasteiger partial charge in [0.25, 0.3) is 0 Å². The van der Waals surface area contributed by atoms with Crippen molar-refractivity contribution in [3.63, 3.8) is 0 Å². The van der Waals surface area contributed by atoms with Crippen molar-refractivity contribution in [2.75, 3.05) is 19.0 Å². The molecule has 1 aliphatic rings. The van der Waals surface area contributed by atoms with Crippen molar-refractivity contribution in [3.8, 4) is 0 Å². The molecule has 0 spiro atoms. The zero-order chi connectivity index (χ0) is 8.97. The first-order valence-electron chi connectivity index (χ1n) is 4.61. The lowest BCUT2D eigenvalue weighted by Crippen LogP contribution is -2.38. The molecular weight excluding hydrogens is 174 g/mol. The van der Waals surface area contributed by atoms with Crippen LogP contribution in [0.2, 0.25) is 0 Å². The second-order valence-corrected chi connectivity index (χ2v) is 3.64. The van der Waals surface area contributed by atoms with Gasteiger partial charge in [-0.3, -0.25) is 4.79 Å². The van der Waals surface area contributed by atoms with Crippen LogP contribution in [0.4, 0.5) is 0 Å². The van der Waals surface area contributed by atoms with Crippen LogP contribution in [-0.2, 0) is 4.79 Å². The summed E-state index contributed by atoms with van der Waals surface area (Å²) in [7, 11) is 0. The highest BCUT2D eigenvalue weighted by atomic mass is 35.5. The molecule has 3 heteroatoms. The second-order valence-electron chi connectivity index (χ2n) is 3.33. The number of carbonyl (C=O) groups excluding carboxylic acids is 1. The zero-order valence-corrected chi connectivity index (χ0v) is 8.31. The number of amides is 1. The van der Waals surface area contributed by atoms with Gasteiger partial charge in [-0.25, -0.2) is 0 Å². The highest BCUT2D eigenvalue weighted by Crippen LogP contribution is 2.18. The predicted octanol–water partition coefficient (Wildman–Crippen LogP) is 1.87. The van der Waals surface area contributed by atoms with Crippen LogP contribution in [0.1, 0.15) is 26.2 Å². The molecule has 0 saturated carbocycles. The minimum atomic E-state index is 0.281. The van der Waals surface area contributed by atoms with Gasteiger partial charge in [0, 0.05) is 25.4 Å². The number of hydrogen-bond acceptors (Lipinski definition) is 1. The molecule has 1 aliphatic heterocycles. The molecule has 0 aliphatic carbocycles. The van der Waals surface area contributed by atoms with E-state index in [-0.39, 0.29) is 5.91 Å².